The fraction of sp³-hybridized carbons (Fsp3) is 0.333. The van der Waals surface area contributed by atoms with Gasteiger partial charge in [0.25, 0.3) is 5.91 Å². The monoisotopic (exact) mass is 320 g/mol. The summed E-state index contributed by atoms with van der Waals surface area (Å²) >= 11 is 0. The van der Waals surface area contributed by atoms with Gasteiger partial charge in [0.1, 0.15) is 17.7 Å². The first kappa shape index (κ1) is 16.6. The van der Waals surface area contributed by atoms with Crippen molar-refractivity contribution in [2.75, 3.05) is 0 Å². The number of nitrogens with one attached hydrogen (secondary N) is 1. The highest BCUT2D eigenvalue weighted by atomic mass is 19.1. The van der Waals surface area contributed by atoms with Crippen molar-refractivity contribution in [3.8, 4) is 5.69 Å². The molecule has 0 spiro atoms. The Labute approximate surface area is 132 Å². The van der Waals surface area contributed by atoms with Crippen LogP contribution in [-0.4, -0.2) is 37.8 Å². The molecule has 2 aromatic rings. The Morgan fingerprint density at radius 1 is 1.35 bits per heavy atom. The fourth-order valence-corrected chi connectivity index (χ4v) is 2.08. The number of carbonyl (C=O) groups is 2. The van der Waals surface area contributed by atoms with Crippen LogP contribution in [-0.2, 0) is 4.79 Å². The molecule has 0 fully saturated rings. The zero-order valence-corrected chi connectivity index (χ0v) is 12.8. The second kappa shape index (κ2) is 6.99. The molecule has 1 aromatic carbocycles. The highest BCUT2D eigenvalue weighted by Gasteiger charge is 2.22. The largest absolute Gasteiger partial charge is 0.480 e. The van der Waals surface area contributed by atoms with E-state index in [0.717, 1.165) is 0 Å². The minimum atomic E-state index is -1.10. The van der Waals surface area contributed by atoms with Crippen molar-refractivity contribution in [3.63, 3.8) is 0 Å². The van der Waals surface area contributed by atoms with Gasteiger partial charge in [-0.1, -0.05) is 13.3 Å². The van der Waals surface area contributed by atoms with Crippen LogP contribution in [0.3, 0.4) is 0 Å². The van der Waals surface area contributed by atoms with Crippen LogP contribution in [0.5, 0.6) is 0 Å². The maximum absolute atomic E-state index is 13.0. The van der Waals surface area contributed by atoms with Crippen LogP contribution < -0.4 is 5.32 Å². The van der Waals surface area contributed by atoms with Crippen molar-refractivity contribution in [2.45, 2.75) is 32.7 Å². The third-order valence-corrected chi connectivity index (χ3v) is 3.22. The Kier molecular flexibility index (Phi) is 5.05. The summed E-state index contributed by atoms with van der Waals surface area (Å²) in [4.78, 5) is 27.2. The van der Waals surface area contributed by atoms with Gasteiger partial charge in [-0.05, 0) is 37.6 Å². The smallest absolute Gasteiger partial charge is 0.326 e. The average Bonchev–Trinajstić information content (AvgIpc) is 2.89. The molecular weight excluding hydrogens is 303 g/mol. The lowest BCUT2D eigenvalue weighted by Gasteiger charge is -2.11. The Hall–Kier alpha value is -2.77. The van der Waals surface area contributed by atoms with Crippen molar-refractivity contribution in [2.24, 2.45) is 0 Å². The third kappa shape index (κ3) is 3.91. The molecule has 0 radical (unpaired) electrons. The summed E-state index contributed by atoms with van der Waals surface area (Å²) in [6, 6.07) is 4.59. The first-order valence-electron chi connectivity index (χ1n) is 7.15. The van der Waals surface area contributed by atoms with Crippen LogP contribution in [0.25, 0.3) is 5.69 Å². The van der Waals surface area contributed by atoms with Gasteiger partial charge < -0.3 is 10.4 Å². The van der Waals surface area contributed by atoms with E-state index in [0.29, 0.717) is 24.4 Å². The van der Waals surface area contributed by atoms with E-state index in [1.54, 1.807) is 6.92 Å². The Bertz CT molecular complexity index is 712. The van der Waals surface area contributed by atoms with Crippen LogP contribution in [0.1, 0.15) is 36.2 Å². The van der Waals surface area contributed by atoms with Gasteiger partial charge in [0.2, 0.25) is 5.82 Å². The van der Waals surface area contributed by atoms with Gasteiger partial charge in [-0.15, -0.1) is 5.10 Å². The lowest BCUT2D eigenvalue weighted by atomic mass is 10.1. The molecule has 1 unspecified atom stereocenters. The summed E-state index contributed by atoms with van der Waals surface area (Å²) in [6.07, 6.45) is 0.937. The van der Waals surface area contributed by atoms with Gasteiger partial charge in [-0.2, -0.15) is 0 Å². The molecule has 0 aliphatic heterocycles. The predicted molar refractivity (Wildman–Crippen MR) is 79.9 cm³/mol. The van der Waals surface area contributed by atoms with Crippen LogP contribution in [0.4, 0.5) is 4.39 Å². The van der Waals surface area contributed by atoms with E-state index in [2.05, 4.69) is 15.4 Å². The highest BCUT2D eigenvalue weighted by Crippen LogP contribution is 2.11. The number of rotatable bonds is 6. The van der Waals surface area contributed by atoms with Crippen molar-refractivity contribution >= 4 is 11.9 Å². The topological polar surface area (TPSA) is 97.1 Å². The molecule has 2 rings (SSSR count). The Morgan fingerprint density at radius 2 is 2.00 bits per heavy atom. The molecule has 1 aromatic heterocycles. The molecule has 0 aliphatic rings. The molecule has 1 heterocycles. The van der Waals surface area contributed by atoms with Gasteiger partial charge in [-0.25, -0.2) is 18.9 Å². The summed E-state index contributed by atoms with van der Waals surface area (Å²) in [5.74, 6) is -1.84. The van der Waals surface area contributed by atoms with Gasteiger partial charge in [0.05, 0.1) is 5.69 Å². The van der Waals surface area contributed by atoms with Crippen LogP contribution in [0, 0.1) is 12.7 Å². The predicted octanol–water partition coefficient (Wildman–Crippen LogP) is 1.70. The quantitative estimate of drug-likeness (QED) is 0.844. The minimum Gasteiger partial charge on any atom is -0.480 e. The van der Waals surface area contributed by atoms with Gasteiger partial charge >= 0.3 is 5.97 Å². The van der Waals surface area contributed by atoms with Crippen molar-refractivity contribution in [1.82, 2.24) is 20.1 Å². The number of aliphatic carboxylic acids is 1. The first-order valence-corrected chi connectivity index (χ1v) is 7.15. The number of amides is 1. The SMILES string of the molecule is CCCC(NC(=O)c1nc(C)n(-c2ccc(F)cc2)n1)C(=O)O. The lowest BCUT2D eigenvalue weighted by molar-refractivity contribution is -0.139. The average molecular weight is 320 g/mol. The zero-order chi connectivity index (χ0) is 17.0. The highest BCUT2D eigenvalue weighted by molar-refractivity contribution is 5.93. The molecule has 0 saturated carbocycles. The van der Waals surface area contributed by atoms with E-state index >= 15 is 0 Å². The molecule has 7 nitrogen and oxygen atoms in total. The molecule has 0 bridgehead atoms. The Balaban J connectivity index is 2.21. The number of benzene rings is 1. The summed E-state index contributed by atoms with van der Waals surface area (Å²) < 4.78 is 14.4. The Morgan fingerprint density at radius 3 is 2.57 bits per heavy atom. The van der Waals surface area contributed by atoms with E-state index in [4.69, 9.17) is 5.11 Å². The summed E-state index contributed by atoms with van der Waals surface area (Å²) in [6.45, 7) is 3.47. The standard InChI is InChI=1S/C15H17FN4O3/c1-3-4-12(15(22)23)18-14(21)13-17-9(2)20(19-13)11-7-5-10(16)6-8-11/h5-8,12H,3-4H2,1-2H3,(H,18,21)(H,22,23). The molecule has 2 N–H and O–H groups in total. The molecule has 0 aliphatic carbocycles. The maximum Gasteiger partial charge on any atom is 0.326 e. The lowest BCUT2D eigenvalue weighted by Crippen LogP contribution is -2.41. The molecule has 23 heavy (non-hydrogen) atoms. The minimum absolute atomic E-state index is 0.130. The third-order valence-electron chi connectivity index (χ3n) is 3.22. The van der Waals surface area contributed by atoms with E-state index in [1.165, 1.54) is 28.9 Å². The molecule has 8 heteroatoms. The van der Waals surface area contributed by atoms with E-state index in [-0.39, 0.29) is 11.6 Å². The molecule has 122 valence electrons. The molecule has 1 amide bonds. The van der Waals surface area contributed by atoms with E-state index in [9.17, 15) is 14.0 Å². The number of nitrogens with zero attached hydrogens (tertiary/aromatic N) is 3. The number of aryl methyl sites for hydroxylation is 1. The number of carbonyl (C=O) groups excluding carboxylic acids is 1. The number of hydrogen-bond donors (Lipinski definition) is 2. The van der Waals surface area contributed by atoms with Crippen LogP contribution in [0.2, 0.25) is 0 Å². The van der Waals surface area contributed by atoms with E-state index < -0.39 is 17.9 Å². The van der Waals surface area contributed by atoms with Crippen molar-refractivity contribution in [3.05, 3.63) is 41.7 Å². The molecular formula is C15H17FN4O3. The number of carboxylic acids is 1. The second-order valence-electron chi connectivity index (χ2n) is 5.02. The van der Waals surface area contributed by atoms with Crippen LogP contribution in [0.15, 0.2) is 24.3 Å². The van der Waals surface area contributed by atoms with Crippen molar-refractivity contribution < 1.29 is 19.1 Å². The van der Waals surface area contributed by atoms with Gasteiger partial charge in [-0.3, -0.25) is 4.79 Å². The van der Waals surface area contributed by atoms with Crippen LogP contribution >= 0.6 is 0 Å². The van der Waals surface area contributed by atoms with Crippen molar-refractivity contribution in [1.29, 1.82) is 0 Å². The molecule has 1 atom stereocenters. The second-order valence-corrected chi connectivity index (χ2v) is 5.02. The number of carboxylic acid groups (broad SMARTS) is 1. The maximum atomic E-state index is 13.0. The first-order chi connectivity index (χ1) is 10.9. The van der Waals surface area contributed by atoms with Gasteiger partial charge in [0.15, 0.2) is 0 Å². The summed E-state index contributed by atoms with van der Waals surface area (Å²) in [5.41, 5.74) is 0.554. The van der Waals surface area contributed by atoms with Gasteiger partial charge in [0, 0.05) is 0 Å². The summed E-state index contributed by atoms with van der Waals surface area (Å²) in [7, 11) is 0. The molecule has 0 saturated heterocycles. The zero-order valence-electron chi connectivity index (χ0n) is 12.8. The number of aromatic nitrogens is 3. The number of hydrogen-bond acceptors (Lipinski definition) is 4. The summed E-state index contributed by atoms with van der Waals surface area (Å²) in [5, 5.41) is 15.5. The fourth-order valence-electron chi connectivity index (χ4n) is 2.08. The van der Waals surface area contributed by atoms with E-state index in [1.807, 2.05) is 6.92 Å². The number of halogens is 1. The normalized spacial score (nSPS) is 12.0.